The van der Waals surface area contributed by atoms with Gasteiger partial charge in [0, 0.05) is 17.0 Å². The van der Waals surface area contributed by atoms with Crippen molar-refractivity contribution in [2.45, 2.75) is 86.0 Å². The molecule has 7 rings (SSSR count). The number of hydrogen-bond acceptors (Lipinski definition) is 1. The van der Waals surface area contributed by atoms with Crippen molar-refractivity contribution in [3.8, 4) is 22.8 Å². The third kappa shape index (κ3) is 4.33. The SMILES string of the molecule is Cc1c2c(c(CC(C)(C)C)c3ccc(CC(C)C)cc13)Oc1cc3c(C4CCCC4)cccc3c3cc[n+](C)c-2c13. The molecule has 0 N–H and O–H groups in total. The van der Waals surface area contributed by atoms with Gasteiger partial charge in [-0.2, -0.15) is 0 Å². The van der Waals surface area contributed by atoms with Crippen LogP contribution < -0.4 is 9.30 Å². The smallest absolute Gasteiger partial charge is 0.228 e. The molecule has 0 spiro atoms. The summed E-state index contributed by atoms with van der Waals surface area (Å²) < 4.78 is 9.51. The molecule has 1 aliphatic heterocycles. The first kappa shape index (κ1) is 26.5. The molecule has 1 aliphatic carbocycles. The predicted octanol–water partition coefficient (Wildman–Crippen LogP) is 10.5. The average molecular weight is 543 g/mol. The Morgan fingerprint density at radius 1 is 0.902 bits per heavy atom. The number of fused-ring (bicyclic) bond motifs is 5. The molecule has 2 heteroatoms. The lowest BCUT2D eigenvalue weighted by atomic mass is 9.81. The number of rotatable bonds is 4. The van der Waals surface area contributed by atoms with Gasteiger partial charge in [-0.25, -0.2) is 4.57 Å². The molecule has 4 aromatic carbocycles. The van der Waals surface area contributed by atoms with E-state index in [-0.39, 0.29) is 5.41 Å². The number of aromatic nitrogens is 1. The monoisotopic (exact) mass is 542 g/mol. The first-order valence-electron chi connectivity index (χ1n) is 15.7. The maximum Gasteiger partial charge on any atom is 0.228 e. The van der Waals surface area contributed by atoms with Crippen LogP contribution in [0.4, 0.5) is 0 Å². The van der Waals surface area contributed by atoms with Gasteiger partial charge < -0.3 is 4.74 Å². The molecule has 0 bridgehead atoms. The minimum Gasteiger partial charge on any atom is -0.455 e. The zero-order valence-corrected chi connectivity index (χ0v) is 25.9. The zero-order chi connectivity index (χ0) is 28.6. The van der Waals surface area contributed by atoms with Crippen molar-refractivity contribution in [3.63, 3.8) is 0 Å². The van der Waals surface area contributed by atoms with E-state index >= 15 is 0 Å². The van der Waals surface area contributed by atoms with Crippen molar-refractivity contribution >= 4 is 32.3 Å². The molecule has 2 heterocycles. The molecule has 0 saturated heterocycles. The number of aryl methyl sites for hydroxylation is 2. The molecule has 0 atom stereocenters. The third-order valence-electron chi connectivity index (χ3n) is 9.56. The lowest BCUT2D eigenvalue weighted by Gasteiger charge is -2.29. The van der Waals surface area contributed by atoms with Crippen molar-refractivity contribution < 1.29 is 9.30 Å². The third-order valence-corrected chi connectivity index (χ3v) is 9.56. The fourth-order valence-electron chi connectivity index (χ4n) is 7.83. The fourth-order valence-corrected chi connectivity index (χ4v) is 7.83. The van der Waals surface area contributed by atoms with Gasteiger partial charge in [-0.1, -0.05) is 83.9 Å². The number of hydrogen-bond donors (Lipinski definition) is 0. The normalized spacial score (nSPS) is 15.3. The standard InChI is InChI=1S/C39H44NO/c1-23(2)19-25-15-16-29-31(20-25)24(3)35-37-36-30(17-18-40(37)7)28-14-10-13-27(26-11-8-9-12-26)32(28)21-34(36)41-38(35)33(29)22-39(4,5)6/h10,13-18,20-21,23,26H,8-9,11-12,19,22H2,1-7H3/q+1. The van der Waals surface area contributed by atoms with Gasteiger partial charge in [0.05, 0.1) is 10.9 Å². The van der Waals surface area contributed by atoms with Crippen LogP contribution >= 0.6 is 0 Å². The zero-order valence-electron chi connectivity index (χ0n) is 25.9. The highest BCUT2D eigenvalue weighted by atomic mass is 16.5. The Hall–Kier alpha value is -3.39. The second-order valence-electron chi connectivity index (χ2n) is 14.5. The highest BCUT2D eigenvalue weighted by Gasteiger charge is 2.35. The summed E-state index contributed by atoms with van der Waals surface area (Å²) in [7, 11) is 2.20. The van der Waals surface area contributed by atoms with Crippen LogP contribution in [-0.4, -0.2) is 0 Å². The van der Waals surface area contributed by atoms with Crippen LogP contribution in [0.5, 0.6) is 11.5 Å². The molecule has 1 saturated carbocycles. The summed E-state index contributed by atoms with van der Waals surface area (Å²) in [5.74, 6) is 3.36. The number of pyridine rings is 1. The molecule has 0 radical (unpaired) electrons. The summed E-state index contributed by atoms with van der Waals surface area (Å²) in [6.45, 7) is 14.0. The Morgan fingerprint density at radius 2 is 1.68 bits per heavy atom. The van der Waals surface area contributed by atoms with Gasteiger partial charge in [0.15, 0.2) is 6.20 Å². The minimum absolute atomic E-state index is 0.128. The van der Waals surface area contributed by atoms with Crippen molar-refractivity contribution in [1.82, 2.24) is 0 Å². The van der Waals surface area contributed by atoms with Crippen LogP contribution in [0.25, 0.3) is 43.6 Å². The van der Waals surface area contributed by atoms with Gasteiger partial charge in [0.2, 0.25) is 5.69 Å². The number of nitrogens with zero attached hydrogens (tertiary/aromatic N) is 1. The highest BCUT2D eigenvalue weighted by Crippen LogP contribution is 2.53. The molecule has 1 fully saturated rings. The molecule has 0 amide bonds. The van der Waals surface area contributed by atoms with Crippen LogP contribution in [-0.2, 0) is 19.9 Å². The van der Waals surface area contributed by atoms with E-state index in [1.165, 1.54) is 91.5 Å². The minimum atomic E-state index is 0.128. The molecule has 41 heavy (non-hydrogen) atoms. The van der Waals surface area contributed by atoms with E-state index in [1.54, 1.807) is 0 Å². The second-order valence-corrected chi connectivity index (χ2v) is 14.5. The predicted molar refractivity (Wildman–Crippen MR) is 173 cm³/mol. The molecule has 2 nitrogen and oxygen atoms in total. The Morgan fingerprint density at radius 3 is 2.41 bits per heavy atom. The lowest BCUT2D eigenvalue weighted by molar-refractivity contribution is -0.659. The van der Waals surface area contributed by atoms with E-state index in [0.29, 0.717) is 11.8 Å². The maximum atomic E-state index is 7.18. The molecule has 2 aliphatic rings. The highest BCUT2D eigenvalue weighted by molar-refractivity contribution is 6.17. The van der Waals surface area contributed by atoms with Gasteiger partial charge in [-0.05, 0) is 94.2 Å². The van der Waals surface area contributed by atoms with Crippen molar-refractivity contribution in [2.75, 3.05) is 0 Å². The van der Waals surface area contributed by atoms with Gasteiger partial charge in [-0.15, -0.1) is 0 Å². The Labute approximate surface area is 245 Å². The summed E-state index contributed by atoms with van der Waals surface area (Å²) in [5, 5.41) is 8.00. The van der Waals surface area contributed by atoms with Crippen LogP contribution in [0.1, 0.15) is 88.5 Å². The summed E-state index contributed by atoms with van der Waals surface area (Å²) in [5.41, 5.74) is 8.28. The van der Waals surface area contributed by atoms with Gasteiger partial charge in [-0.3, -0.25) is 0 Å². The van der Waals surface area contributed by atoms with E-state index in [0.717, 1.165) is 24.3 Å². The van der Waals surface area contributed by atoms with Crippen LogP contribution in [0.2, 0.25) is 0 Å². The van der Waals surface area contributed by atoms with E-state index in [2.05, 4.69) is 108 Å². The largest absolute Gasteiger partial charge is 0.455 e. The Kier molecular flexibility index (Phi) is 6.19. The van der Waals surface area contributed by atoms with E-state index in [4.69, 9.17) is 4.74 Å². The van der Waals surface area contributed by atoms with Crippen LogP contribution in [0.15, 0.2) is 54.7 Å². The lowest BCUT2D eigenvalue weighted by Crippen LogP contribution is -2.32. The number of ether oxygens (including phenoxy) is 1. The summed E-state index contributed by atoms with van der Waals surface area (Å²) in [6.07, 6.45) is 9.60. The van der Waals surface area contributed by atoms with E-state index < -0.39 is 0 Å². The van der Waals surface area contributed by atoms with Crippen molar-refractivity contribution in [3.05, 3.63) is 77.0 Å². The first-order valence-corrected chi connectivity index (χ1v) is 15.7. The topological polar surface area (TPSA) is 13.1 Å². The molecule has 5 aromatic rings. The quantitative estimate of drug-likeness (QED) is 0.159. The average Bonchev–Trinajstić information content (AvgIpc) is 3.46. The Bertz CT molecular complexity index is 1850. The molecular formula is C39H44NO+. The summed E-state index contributed by atoms with van der Waals surface area (Å²) in [6, 6.07) is 18.8. The van der Waals surface area contributed by atoms with E-state index in [9.17, 15) is 0 Å². The Balaban J connectivity index is 1.58. The van der Waals surface area contributed by atoms with Gasteiger partial charge in [0.1, 0.15) is 18.5 Å². The van der Waals surface area contributed by atoms with Crippen molar-refractivity contribution in [2.24, 2.45) is 18.4 Å². The van der Waals surface area contributed by atoms with Crippen LogP contribution in [0.3, 0.4) is 0 Å². The summed E-state index contributed by atoms with van der Waals surface area (Å²) >= 11 is 0. The molecule has 210 valence electrons. The molecular weight excluding hydrogens is 498 g/mol. The van der Waals surface area contributed by atoms with Crippen molar-refractivity contribution in [1.29, 1.82) is 0 Å². The summed E-state index contributed by atoms with van der Waals surface area (Å²) in [4.78, 5) is 0. The first-order chi connectivity index (χ1) is 19.6. The van der Waals surface area contributed by atoms with Crippen LogP contribution in [0, 0.1) is 18.3 Å². The maximum absolute atomic E-state index is 7.18. The fraction of sp³-hybridized carbons (Fsp3) is 0.410. The number of benzene rings is 4. The van der Waals surface area contributed by atoms with E-state index in [1.807, 2.05) is 0 Å². The van der Waals surface area contributed by atoms with Gasteiger partial charge >= 0.3 is 0 Å². The molecule has 1 aromatic heterocycles. The second kappa shape index (κ2) is 9.58. The van der Waals surface area contributed by atoms with Gasteiger partial charge in [0.25, 0.3) is 0 Å². The molecule has 0 unspecified atom stereocenters.